The zero-order valence-electron chi connectivity index (χ0n) is 22.6. The molecule has 0 saturated carbocycles. The number of halogens is 1. The second-order valence-corrected chi connectivity index (χ2v) is 10.1. The van der Waals surface area contributed by atoms with Gasteiger partial charge < -0.3 is 15.1 Å². The molecule has 1 saturated heterocycles. The molecule has 0 aliphatic carbocycles. The van der Waals surface area contributed by atoms with E-state index in [-0.39, 0.29) is 29.2 Å². The van der Waals surface area contributed by atoms with Crippen LogP contribution in [0.5, 0.6) is 0 Å². The van der Waals surface area contributed by atoms with E-state index in [1.54, 1.807) is 34.1 Å². The summed E-state index contributed by atoms with van der Waals surface area (Å²) in [5, 5.41) is 11.0. The number of carbonyl (C=O) groups is 2. The van der Waals surface area contributed by atoms with Gasteiger partial charge in [-0.3, -0.25) is 9.59 Å². The maximum atomic E-state index is 15.0. The second kappa shape index (κ2) is 11.7. The van der Waals surface area contributed by atoms with Crippen molar-refractivity contribution >= 4 is 22.7 Å². The average molecular weight is 542 g/mol. The minimum absolute atomic E-state index is 0.0136. The third-order valence-electron chi connectivity index (χ3n) is 7.55. The van der Waals surface area contributed by atoms with E-state index in [4.69, 9.17) is 0 Å². The van der Waals surface area contributed by atoms with Gasteiger partial charge in [-0.15, -0.1) is 0 Å². The third-order valence-corrected chi connectivity index (χ3v) is 7.55. The zero-order valence-corrected chi connectivity index (χ0v) is 22.6. The molecule has 2 atom stereocenters. The first kappa shape index (κ1) is 27.1. The minimum Gasteiger partial charge on any atom is -0.332 e. The lowest BCUT2D eigenvalue weighted by atomic mass is 10.0. The molecule has 0 radical (unpaired) electrons. The number of carbonyl (C=O) groups excluding carboxylic acids is 2. The van der Waals surface area contributed by atoms with Crippen LogP contribution in [0.3, 0.4) is 0 Å². The summed E-state index contributed by atoms with van der Waals surface area (Å²) in [6.07, 6.45) is 0.945. The SMILES string of the molecule is CC[C@H]1CN(C(=O)N[C@@H](C)c2ccccc2)CCN1C(=O)c1cc(Cc2n[nH]c(=O)c3ccccc23)ccc1F. The van der Waals surface area contributed by atoms with Crippen molar-refractivity contribution in [3.63, 3.8) is 0 Å². The van der Waals surface area contributed by atoms with Gasteiger partial charge in [0.05, 0.1) is 22.7 Å². The molecule has 2 heterocycles. The van der Waals surface area contributed by atoms with Gasteiger partial charge in [0, 0.05) is 37.5 Å². The number of benzene rings is 3. The van der Waals surface area contributed by atoms with Crippen LogP contribution in [0.25, 0.3) is 10.8 Å². The molecule has 40 heavy (non-hydrogen) atoms. The Hall–Kier alpha value is -4.53. The van der Waals surface area contributed by atoms with Crippen LogP contribution >= 0.6 is 0 Å². The molecule has 0 unspecified atom stereocenters. The van der Waals surface area contributed by atoms with Gasteiger partial charge in [-0.1, -0.05) is 61.5 Å². The predicted molar refractivity (Wildman–Crippen MR) is 152 cm³/mol. The molecule has 1 fully saturated rings. The maximum absolute atomic E-state index is 15.0. The molecular weight excluding hydrogens is 509 g/mol. The normalized spacial score (nSPS) is 16.1. The van der Waals surface area contributed by atoms with Crippen LogP contribution in [-0.2, 0) is 6.42 Å². The number of hydrogen-bond acceptors (Lipinski definition) is 4. The van der Waals surface area contributed by atoms with Gasteiger partial charge in [0.2, 0.25) is 0 Å². The van der Waals surface area contributed by atoms with E-state index in [1.165, 1.54) is 6.07 Å². The Balaban J connectivity index is 1.30. The highest BCUT2D eigenvalue weighted by Gasteiger charge is 2.33. The van der Waals surface area contributed by atoms with E-state index >= 15 is 0 Å². The fourth-order valence-corrected chi connectivity index (χ4v) is 5.26. The first-order chi connectivity index (χ1) is 19.4. The van der Waals surface area contributed by atoms with Gasteiger partial charge in [-0.2, -0.15) is 5.10 Å². The lowest BCUT2D eigenvalue weighted by Gasteiger charge is -2.41. The van der Waals surface area contributed by atoms with Crippen LogP contribution in [0.15, 0.2) is 77.6 Å². The van der Waals surface area contributed by atoms with Gasteiger partial charge in [0.1, 0.15) is 5.82 Å². The summed E-state index contributed by atoms with van der Waals surface area (Å²) in [5.41, 5.74) is 2.06. The number of amides is 3. The Morgan fingerprint density at radius 1 is 1.05 bits per heavy atom. The third kappa shape index (κ3) is 5.59. The second-order valence-electron chi connectivity index (χ2n) is 10.1. The average Bonchev–Trinajstić information content (AvgIpc) is 2.99. The standard InChI is InChI=1S/C31H32FN5O3/c1-3-23-19-36(31(40)33-20(2)22-9-5-4-6-10-22)15-16-37(23)30(39)26-17-21(13-14-27(26)32)18-28-24-11-7-8-12-25(24)29(38)35-34-28/h4-14,17,20,23H,3,15-16,18-19H2,1-2H3,(H,33,40)(H,35,38)/t20-,23-/m0/s1. The summed E-state index contributed by atoms with van der Waals surface area (Å²) in [4.78, 5) is 42.1. The zero-order chi connectivity index (χ0) is 28.2. The van der Waals surface area contributed by atoms with Crippen LogP contribution in [0, 0.1) is 5.82 Å². The van der Waals surface area contributed by atoms with Crippen LogP contribution in [0.2, 0.25) is 0 Å². The van der Waals surface area contributed by atoms with Crippen molar-refractivity contribution in [2.24, 2.45) is 0 Å². The number of piperazine rings is 1. The highest BCUT2D eigenvalue weighted by Crippen LogP contribution is 2.22. The maximum Gasteiger partial charge on any atom is 0.318 e. The quantitative estimate of drug-likeness (QED) is 0.371. The van der Waals surface area contributed by atoms with Crippen molar-refractivity contribution < 1.29 is 14.0 Å². The molecule has 8 nitrogen and oxygen atoms in total. The van der Waals surface area contributed by atoms with Gasteiger partial charge in [0.15, 0.2) is 0 Å². The Kier molecular flexibility index (Phi) is 7.91. The number of rotatable bonds is 6. The smallest absolute Gasteiger partial charge is 0.318 e. The summed E-state index contributed by atoms with van der Waals surface area (Å²) in [7, 11) is 0. The molecule has 3 amide bonds. The Morgan fingerprint density at radius 3 is 2.52 bits per heavy atom. The molecule has 3 aromatic carbocycles. The molecule has 2 N–H and O–H groups in total. The number of hydrogen-bond donors (Lipinski definition) is 2. The summed E-state index contributed by atoms with van der Waals surface area (Å²) >= 11 is 0. The fourth-order valence-electron chi connectivity index (χ4n) is 5.26. The van der Waals surface area contributed by atoms with Gasteiger partial charge in [-0.05, 0) is 42.7 Å². The number of H-pyrrole nitrogens is 1. The van der Waals surface area contributed by atoms with Gasteiger partial charge in [0.25, 0.3) is 11.5 Å². The minimum atomic E-state index is -0.597. The number of fused-ring (bicyclic) bond motifs is 1. The van der Waals surface area contributed by atoms with Crippen molar-refractivity contribution in [2.75, 3.05) is 19.6 Å². The first-order valence-corrected chi connectivity index (χ1v) is 13.5. The van der Waals surface area contributed by atoms with Gasteiger partial charge in [-0.25, -0.2) is 14.3 Å². The topological polar surface area (TPSA) is 98.4 Å². The van der Waals surface area contributed by atoms with Crippen molar-refractivity contribution in [1.29, 1.82) is 0 Å². The molecular formula is C31H32FN5O3. The van der Waals surface area contributed by atoms with E-state index in [2.05, 4.69) is 15.5 Å². The molecule has 0 bridgehead atoms. The van der Waals surface area contributed by atoms with E-state index in [1.807, 2.05) is 56.3 Å². The molecule has 206 valence electrons. The molecule has 1 aromatic heterocycles. The Bertz CT molecular complexity index is 1590. The monoisotopic (exact) mass is 541 g/mol. The Labute approximate surface area is 231 Å². The van der Waals surface area contributed by atoms with E-state index < -0.39 is 11.7 Å². The van der Waals surface area contributed by atoms with Crippen LogP contribution in [0.1, 0.15) is 53.5 Å². The van der Waals surface area contributed by atoms with Gasteiger partial charge >= 0.3 is 6.03 Å². The fraction of sp³-hybridized carbons (Fsp3) is 0.290. The summed E-state index contributed by atoms with van der Waals surface area (Å²) in [5.74, 6) is -0.997. The van der Waals surface area contributed by atoms with Crippen molar-refractivity contribution in [3.8, 4) is 0 Å². The van der Waals surface area contributed by atoms with E-state index in [0.29, 0.717) is 54.5 Å². The van der Waals surface area contributed by atoms with Crippen LogP contribution in [0.4, 0.5) is 9.18 Å². The van der Waals surface area contributed by atoms with Crippen molar-refractivity contribution in [1.82, 2.24) is 25.3 Å². The summed E-state index contributed by atoms with van der Waals surface area (Å²) in [6, 6.07) is 20.8. The van der Waals surface area contributed by atoms with Crippen LogP contribution in [-0.4, -0.2) is 57.6 Å². The highest BCUT2D eigenvalue weighted by molar-refractivity contribution is 5.95. The molecule has 4 aromatic rings. The molecule has 0 spiro atoms. The molecule has 5 rings (SSSR count). The largest absolute Gasteiger partial charge is 0.332 e. The number of nitrogens with one attached hydrogen (secondary N) is 2. The summed E-state index contributed by atoms with van der Waals surface area (Å²) in [6.45, 7) is 4.92. The number of nitrogens with zero attached hydrogens (tertiary/aromatic N) is 3. The van der Waals surface area contributed by atoms with E-state index in [9.17, 15) is 18.8 Å². The Morgan fingerprint density at radius 2 is 1.77 bits per heavy atom. The number of aromatic nitrogens is 2. The number of aromatic amines is 1. The van der Waals surface area contributed by atoms with Crippen molar-refractivity contribution in [2.45, 2.75) is 38.8 Å². The molecule has 1 aliphatic heterocycles. The van der Waals surface area contributed by atoms with Crippen molar-refractivity contribution in [3.05, 3.63) is 111 Å². The first-order valence-electron chi connectivity index (χ1n) is 13.5. The molecule has 9 heteroatoms. The highest BCUT2D eigenvalue weighted by atomic mass is 19.1. The summed E-state index contributed by atoms with van der Waals surface area (Å²) < 4.78 is 15.0. The lowest BCUT2D eigenvalue weighted by Crippen LogP contribution is -2.58. The number of urea groups is 1. The molecule has 1 aliphatic rings. The lowest BCUT2D eigenvalue weighted by molar-refractivity contribution is 0.0495. The predicted octanol–water partition coefficient (Wildman–Crippen LogP) is 4.66. The van der Waals surface area contributed by atoms with E-state index in [0.717, 1.165) is 5.56 Å². The van der Waals surface area contributed by atoms with Crippen LogP contribution < -0.4 is 10.9 Å².